The molecule has 3 rings (SSSR count). The van der Waals surface area contributed by atoms with Crippen molar-refractivity contribution in [3.8, 4) is 11.1 Å². The molecule has 0 atom stereocenters. The first-order valence-corrected chi connectivity index (χ1v) is 6.21. The minimum absolute atomic E-state index is 0.204. The van der Waals surface area contributed by atoms with Gasteiger partial charge in [0.15, 0.2) is 0 Å². The van der Waals surface area contributed by atoms with E-state index in [9.17, 15) is 0 Å². The van der Waals surface area contributed by atoms with Crippen LogP contribution in [0.4, 0.5) is 0 Å². The normalized spacial score (nSPS) is 12.4. The van der Waals surface area contributed by atoms with E-state index in [1.165, 1.54) is 5.56 Å². The summed E-state index contributed by atoms with van der Waals surface area (Å²) in [5.74, 6) is 0. The van der Waals surface area contributed by atoms with E-state index in [1.807, 2.05) is 12.1 Å². The third-order valence-electron chi connectivity index (χ3n) is 2.61. The summed E-state index contributed by atoms with van der Waals surface area (Å²) < 4.78 is 1.02. The Morgan fingerprint density at radius 1 is 1.19 bits per heavy atom. The van der Waals surface area contributed by atoms with Crippen LogP contribution in [0.5, 0.6) is 0 Å². The second-order valence-electron chi connectivity index (χ2n) is 3.58. The summed E-state index contributed by atoms with van der Waals surface area (Å²) in [6, 6.07) is 6.10. The molecule has 0 aliphatic heterocycles. The van der Waals surface area contributed by atoms with Crippen molar-refractivity contribution in [1.29, 1.82) is 0 Å². The number of hydrogen-bond acceptors (Lipinski definition) is 2. The fourth-order valence-corrected chi connectivity index (χ4v) is 2.84. The zero-order valence-corrected chi connectivity index (χ0v) is 11.1. The molecule has 0 saturated carbocycles. The van der Waals surface area contributed by atoms with Gasteiger partial charge in [-0.3, -0.25) is 0 Å². The molecule has 2 aromatic rings. The van der Waals surface area contributed by atoms with E-state index in [0.717, 1.165) is 27.7 Å². The monoisotopic (exact) mass is 314 g/mol. The summed E-state index contributed by atoms with van der Waals surface area (Å²) in [6.45, 7) is 0. The summed E-state index contributed by atoms with van der Waals surface area (Å²) in [7, 11) is 0. The lowest BCUT2D eigenvalue weighted by Gasteiger charge is -2.03. The van der Waals surface area contributed by atoms with E-state index in [2.05, 4.69) is 32.0 Å². The van der Waals surface area contributed by atoms with Crippen molar-refractivity contribution in [1.82, 2.24) is 9.97 Å². The molecule has 0 amide bonds. The molecule has 1 aliphatic rings. The smallest absolute Gasteiger partial charge is 0.222 e. The first kappa shape index (κ1) is 10.5. The summed E-state index contributed by atoms with van der Waals surface area (Å²) >= 11 is 15.3. The van der Waals surface area contributed by atoms with Gasteiger partial charge in [0, 0.05) is 16.5 Å². The second kappa shape index (κ2) is 3.69. The Hall–Kier alpha value is -0.640. The molecular formula is C11H5BrCl2N2. The molecule has 16 heavy (non-hydrogen) atoms. The quantitative estimate of drug-likeness (QED) is 0.461. The number of rotatable bonds is 0. The lowest BCUT2D eigenvalue weighted by atomic mass is 10.1. The van der Waals surface area contributed by atoms with Crippen molar-refractivity contribution in [2.24, 2.45) is 0 Å². The molecule has 0 radical (unpaired) electrons. The van der Waals surface area contributed by atoms with Crippen LogP contribution in [0.2, 0.25) is 10.4 Å². The van der Waals surface area contributed by atoms with Crippen molar-refractivity contribution in [2.75, 3.05) is 0 Å². The fourth-order valence-electron chi connectivity index (χ4n) is 1.96. The van der Waals surface area contributed by atoms with Crippen molar-refractivity contribution in [2.45, 2.75) is 6.42 Å². The van der Waals surface area contributed by atoms with Crippen LogP contribution in [0, 0.1) is 0 Å². The van der Waals surface area contributed by atoms with Crippen LogP contribution in [0.15, 0.2) is 22.7 Å². The lowest BCUT2D eigenvalue weighted by molar-refractivity contribution is 1.07. The van der Waals surface area contributed by atoms with Crippen LogP contribution in [0.1, 0.15) is 11.3 Å². The number of nitrogens with zero attached hydrogens (tertiary/aromatic N) is 2. The van der Waals surface area contributed by atoms with Gasteiger partial charge in [0.2, 0.25) is 5.28 Å². The molecule has 1 aromatic heterocycles. The Kier molecular flexibility index (Phi) is 2.42. The molecule has 0 N–H and O–H groups in total. The zero-order valence-electron chi connectivity index (χ0n) is 7.97. The standard InChI is InChI=1S/C11H5BrCl2N2/c12-6-2-1-5-3-8-9(7(5)4-6)10(13)16-11(14)15-8/h1-2,4H,3H2. The maximum atomic E-state index is 6.10. The molecular weight excluding hydrogens is 311 g/mol. The van der Waals surface area contributed by atoms with Crippen LogP contribution in [-0.4, -0.2) is 9.97 Å². The first-order valence-electron chi connectivity index (χ1n) is 4.66. The average molecular weight is 316 g/mol. The lowest BCUT2D eigenvalue weighted by Crippen LogP contribution is -1.91. The van der Waals surface area contributed by atoms with Gasteiger partial charge in [-0.15, -0.1) is 0 Å². The molecule has 5 heteroatoms. The van der Waals surface area contributed by atoms with E-state index >= 15 is 0 Å². The minimum atomic E-state index is 0.204. The van der Waals surface area contributed by atoms with Gasteiger partial charge in [-0.05, 0) is 34.9 Å². The largest absolute Gasteiger partial charge is 0.224 e. The third-order valence-corrected chi connectivity index (χ3v) is 3.55. The Bertz CT molecular complexity index is 599. The molecule has 0 saturated heterocycles. The molecule has 0 bridgehead atoms. The summed E-state index contributed by atoms with van der Waals surface area (Å²) in [5.41, 5.74) is 4.10. The topological polar surface area (TPSA) is 25.8 Å². The Morgan fingerprint density at radius 2 is 2.00 bits per heavy atom. The van der Waals surface area contributed by atoms with Gasteiger partial charge in [0.05, 0.1) is 5.69 Å². The third kappa shape index (κ3) is 1.54. The van der Waals surface area contributed by atoms with Gasteiger partial charge >= 0.3 is 0 Å². The van der Waals surface area contributed by atoms with Gasteiger partial charge in [-0.1, -0.05) is 33.6 Å². The van der Waals surface area contributed by atoms with Crippen LogP contribution in [0.3, 0.4) is 0 Å². The highest BCUT2D eigenvalue weighted by Crippen LogP contribution is 2.40. The van der Waals surface area contributed by atoms with Crippen molar-refractivity contribution in [3.05, 3.63) is 44.4 Å². The summed E-state index contributed by atoms with van der Waals surface area (Å²) in [5, 5.41) is 0.627. The van der Waals surface area contributed by atoms with E-state index in [4.69, 9.17) is 23.2 Å². The average Bonchev–Trinajstić information content (AvgIpc) is 2.54. The van der Waals surface area contributed by atoms with Crippen molar-refractivity contribution >= 4 is 39.1 Å². The van der Waals surface area contributed by atoms with E-state index in [-0.39, 0.29) is 5.28 Å². The number of fused-ring (bicyclic) bond motifs is 3. The first-order chi connectivity index (χ1) is 7.65. The minimum Gasteiger partial charge on any atom is -0.222 e. The molecule has 1 heterocycles. The molecule has 0 spiro atoms. The van der Waals surface area contributed by atoms with Gasteiger partial charge in [0.25, 0.3) is 0 Å². The van der Waals surface area contributed by atoms with Crippen molar-refractivity contribution in [3.63, 3.8) is 0 Å². The van der Waals surface area contributed by atoms with Crippen LogP contribution in [0.25, 0.3) is 11.1 Å². The molecule has 80 valence electrons. The molecule has 1 aliphatic carbocycles. The van der Waals surface area contributed by atoms with E-state index in [1.54, 1.807) is 0 Å². The zero-order chi connectivity index (χ0) is 11.3. The maximum absolute atomic E-state index is 6.10. The van der Waals surface area contributed by atoms with E-state index in [0.29, 0.717) is 5.15 Å². The Labute approximate surface area is 111 Å². The second-order valence-corrected chi connectivity index (χ2v) is 5.20. The molecule has 1 aromatic carbocycles. The fraction of sp³-hybridized carbons (Fsp3) is 0.0909. The highest BCUT2D eigenvalue weighted by atomic mass is 79.9. The molecule has 2 nitrogen and oxygen atoms in total. The number of halogens is 3. The highest BCUT2D eigenvalue weighted by molar-refractivity contribution is 9.10. The summed E-state index contributed by atoms with van der Waals surface area (Å²) in [6.07, 6.45) is 0.764. The number of benzene rings is 1. The Balaban J connectivity index is 2.32. The van der Waals surface area contributed by atoms with Crippen LogP contribution in [-0.2, 0) is 6.42 Å². The van der Waals surface area contributed by atoms with Gasteiger partial charge in [0.1, 0.15) is 5.15 Å². The van der Waals surface area contributed by atoms with Crippen molar-refractivity contribution < 1.29 is 0 Å². The molecule has 0 unspecified atom stereocenters. The SMILES string of the molecule is Clc1nc(Cl)c2c(n1)Cc1ccc(Br)cc1-2. The van der Waals surface area contributed by atoms with Gasteiger partial charge in [-0.2, -0.15) is 0 Å². The summed E-state index contributed by atoms with van der Waals surface area (Å²) in [4.78, 5) is 8.19. The van der Waals surface area contributed by atoms with Crippen LogP contribution >= 0.6 is 39.1 Å². The Morgan fingerprint density at radius 3 is 2.81 bits per heavy atom. The van der Waals surface area contributed by atoms with Gasteiger partial charge < -0.3 is 0 Å². The van der Waals surface area contributed by atoms with Crippen LogP contribution < -0.4 is 0 Å². The highest BCUT2D eigenvalue weighted by Gasteiger charge is 2.24. The van der Waals surface area contributed by atoms with E-state index < -0.39 is 0 Å². The maximum Gasteiger partial charge on any atom is 0.224 e. The molecule has 0 fully saturated rings. The van der Waals surface area contributed by atoms with Gasteiger partial charge in [-0.25, -0.2) is 9.97 Å². The predicted octanol–water partition coefficient (Wildman–Crippen LogP) is 4.12. The number of hydrogen-bond donors (Lipinski definition) is 0. The predicted molar refractivity (Wildman–Crippen MR) is 68.0 cm³/mol. The number of aromatic nitrogens is 2.